The van der Waals surface area contributed by atoms with E-state index in [1.807, 2.05) is 39.8 Å². The quantitative estimate of drug-likeness (QED) is 0.288. The summed E-state index contributed by atoms with van der Waals surface area (Å²) in [6.45, 7) is 25.3. The highest BCUT2D eigenvalue weighted by molar-refractivity contribution is 6.88. The topological polar surface area (TPSA) is 101 Å². The number of anilines is 2. The van der Waals surface area contributed by atoms with Gasteiger partial charge < -0.3 is 29.5 Å². The Kier molecular flexibility index (Phi) is 10.2. The van der Waals surface area contributed by atoms with E-state index in [1.54, 1.807) is 6.07 Å². The minimum absolute atomic E-state index is 0.0769. The number of hydrogen-bond donors (Lipinski definition) is 4. The van der Waals surface area contributed by atoms with E-state index in [2.05, 4.69) is 74.0 Å². The molecular weight excluding hydrogens is 481 g/mol. The van der Waals surface area contributed by atoms with Crippen LogP contribution in [-0.4, -0.2) is 49.3 Å². The lowest BCUT2D eigenvalue weighted by atomic mass is 10.1. The number of nitrogens with one attached hydrogen (secondary N) is 4. The molecule has 1 atom stereocenters. The summed E-state index contributed by atoms with van der Waals surface area (Å²) in [5, 5.41) is 11.6. The normalized spacial score (nSPS) is 13.8. The minimum atomic E-state index is -2.51. The first-order valence-electron chi connectivity index (χ1n) is 11.8. The van der Waals surface area contributed by atoms with Gasteiger partial charge in [-0.1, -0.05) is 13.0 Å². The van der Waals surface area contributed by atoms with Crippen LogP contribution in [0.3, 0.4) is 0 Å². The molecule has 194 valence electrons. The smallest absolute Gasteiger partial charge is 0.319 e. The number of urea groups is 2. The number of benzene rings is 1. The van der Waals surface area contributed by atoms with Gasteiger partial charge in [0.25, 0.3) is 0 Å². The summed E-state index contributed by atoms with van der Waals surface area (Å²) in [6.07, 6.45) is 0. The molecule has 0 aliphatic heterocycles. The number of aryl methyl sites for hydroxylation is 1. The maximum atomic E-state index is 12.6. The van der Waals surface area contributed by atoms with Crippen molar-refractivity contribution >= 4 is 48.6 Å². The molecule has 0 saturated heterocycles. The SMILES string of the molecule is Cc1ccc(NC(=O)NCC(C)[Si](C)(O[Si](C)(C)C)O[Si](C)(C)C)cc1NC(=O)NC(C)(C)C. The Morgan fingerprint density at radius 3 is 1.91 bits per heavy atom. The fourth-order valence-corrected chi connectivity index (χ4v) is 15.7. The second kappa shape index (κ2) is 11.4. The molecule has 0 aliphatic carbocycles. The van der Waals surface area contributed by atoms with Crippen LogP contribution in [0.4, 0.5) is 21.0 Å². The maximum absolute atomic E-state index is 12.6. The molecule has 34 heavy (non-hydrogen) atoms. The average molecular weight is 527 g/mol. The lowest BCUT2D eigenvalue weighted by Gasteiger charge is -2.42. The van der Waals surface area contributed by atoms with Crippen LogP contribution in [0.2, 0.25) is 51.4 Å². The van der Waals surface area contributed by atoms with E-state index in [0.29, 0.717) is 17.9 Å². The molecule has 1 unspecified atom stereocenters. The van der Waals surface area contributed by atoms with Crippen molar-refractivity contribution < 1.29 is 17.8 Å². The summed E-state index contributed by atoms with van der Waals surface area (Å²) in [4.78, 5) is 24.9. The van der Waals surface area contributed by atoms with E-state index in [1.165, 1.54) is 0 Å². The van der Waals surface area contributed by atoms with Gasteiger partial charge in [0, 0.05) is 29.0 Å². The maximum Gasteiger partial charge on any atom is 0.319 e. The summed E-state index contributed by atoms with van der Waals surface area (Å²) < 4.78 is 13.2. The van der Waals surface area contributed by atoms with Gasteiger partial charge in [0.1, 0.15) is 0 Å². The Balaban J connectivity index is 2.83. The van der Waals surface area contributed by atoms with Gasteiger partial charge in [-0.25, -0.2) is 9.59 Å². The molecule has 0 aliphatic rings. The molecule has 0 aromatic heterocycles. The number of carbonyl (C=O) groups is 2. The zero-order valence-corrected chi connectivity index (χ0v) is 26.1. The Labute approximate surface area is 209 Å². The van der Waals surface area contributed by atoms with Crippen LogP contribution in [-0.2, 0) is 8.23 Å². The molecule has 1 rings (SSSR count). The van der Waals surface area contributed by atoms with E-state index in [0.717, 1.165) is 5.56 Å². The van der Waals surface area contributed by atoms with Crippen LogP contribution >= 0.6 is 0 Å². The number of rotatable bonds is 9. The molecule has 1 aromatic carbocycles. The van der Waals surface area contributed by atoms with E-state index in [9.17, 15) is 9.59 Å². The Bertz CT molecular complexity index is 845. The first-order valence-corrected chi connectivity index (χ1v) is 21.1. The molecule has 1 aromatic rings. The third kappa shape index (κ3) is 11.6. The molecule has 11 heteroatoms. The van der Waals surface area contributed by atoms with Crippen LogP contribution in [0.5, 0.6) is 0 Å². The van der Waals surface area contributed by atoms with Crippen molar-refractivity contribution in [2.75, 3.05) is 17.2 Å². The number of amides is 4. The number of carbonyl (C=O) groups excluding carboxylic acids is 2. The largest absolute Gasteiger partial charge is 0.436 e. The van der Waals surface area contributed by atoms with Crippen LogP contribution in [0.25, 0.3) is 0 Å². The van der Waals surface area contributed by atoms with Crippen LogP contribution < -0.4 is 21.3 Å². The molecule has 4 amide bonds. The summed E-state index contributed by atoms with van der Waals surface area (Å²) in [6, 6.07) is 4.83. The van der Waals surface area contributed by atoms with Crippen molar-refractivity contribution in [2.24, 2.45) is 0 Å². The molecule has 0 spiro atoms. The fourth-order valence-electron chi connectivity index (χ4n) is 3.37. The van der Waals surface area contributed by atoms with E-state index in [4.69, 9.17) is 8.23 Å². The summed E-state index contributed by atoms with van der Waals surface area (Å²) in [5.41, 5.74) is 1.87. The predicted octanol–water partition coefficient (Wildman–Crippen LogP) is 6.20. The zero-order chi connectivity index (χ0) is 26.5. The monoisotopic (exact) mass is 526 g/mol. The van der Waals surface area contributed by atoms with Crippen molar-refractivity contribution in [3.05, 3.63) is 23.8 Å². The van der Waals surface area contributed by atoms with Gasteiger partial charge >= 0.3 is 20.6 Å². The Morgan fingerprint density at radius 1 is 0.912 bits per heavy atom. The van der Waals surface area contributed by atoms with Gasteiger partial charge in [0.15, 0.2) is 16.6 Å². The van der Waals surface area contributed by atoms with Gasteiger partial charge in [0.05, 0.1) is 0 Å². The molecule has 8 nitrogen and oxygen atoms in total. The molecule has 0 saturated carbocycles. The van der Waals surface area contributed by atoms with Crippen molar-refractivity contribution in [3.8, 4) is 0 Å². The summed E-state index contributed by atoms with van der Waals surface area (Å²) in [5.74, 6) is 0. The highest BCUT2D eigenvalue weighted by atomic mass is 28.5. The van der Waals surface area contributed by atoms with Crippen molar-refractivity contribution in [2.45, 2.75) is 91.5 Å². The Hall–Kier alpha value is -1.67. The van der Waals surface area contributed by atoms with Crippen LogP contribution in [0.1, 0.15) is 33.3 Å². The second-order valence-corrected chi connectivity index (χ2v) is 25.1. The van der Waals surface area contributed by atoms with Gasteiger partial charge in [-0.2, -0.15) is 0 Å². The second-order valence-electron chi connectivity index (χ2n) is 12.0. The van der Waals surface area contributed by atoms with Gasteiger partial charge in [-0.3, -0.25) is 0 Å². The van der Waals surface area contributed by atoms with Crippen molar-refractivity contribution in [1.29, 1.82) is 0 Å². The lowest BCUT2D eigenvalue weighted by molar-refractivity contribution is 0.243. The molecule has 0 radical (unpaired) electrons. The predicted molar refractivity (Wildman–Crippen MR) is 150 cm³/mol. The van der Waals surface area contributed by atoms with Gasteiger partial charge in [-0.15, -0.1) is 0 Å². The van der Waals surface area contributed by atoms with Crippen molar-refractivity contribution in [3.63, 3.8) is 0 Å². The molecule has 0 bridgehead atoms. The molecule has 0 heterocycles. The average Bonchev–Trinajstić information content (AvgIpc) is 2.57. The standard InChI is InChI=1S/C23H46N4O4Si3/c1-17-13-14-19(15-20(17)26-22(29)27-23(3,4)5)25-21(28)24-16-18(2)34(12,30-32(6,7)8)31-33(9,10)11/h13-15,18H,16H2,1-12H3,(H2,24,25,28)(H2,26,27,29). The molecule has 0 fully saturated rings. The third-order valence-corrected chi connectivity index (χ3v) is 14.8. The molecular formula is C23H46N4O4Si3. The van der Waals surface area contributed by atoms with E-state index < -0.39 is 25.2 Å². The Morgan fingerprint density at radius 2 is 1.44 bits per heavy atom. The highest BCUT2D eigenvalue weighted by Gasteiger charge is 2.44. The van der Waals surface area contributed by atoms with Crippen LogP contribution in [0.15, 0.2) is 18.2 Å². The summed E-state index contributed by atoms with van der Waals surface area (Å²) >= 11 is 0. The van der Waals surface area contributed by atoms with Crippen LogP contribution in [0, 0.1) is 6.92 Å². The minimum Gasteiger partial charge on any atom is -0.436 e. The first-order chi connectivity index (χ1) is 15.2. The van der Waals surface area contributed by atoms with E-state index >= 15 is 0 Å². The van der Waals surface area contributed by atoms with Gasteiger partial charge in [0.2, 0.25) is 0 Å². The highest BCUT2D eigenvalue weighted by Crippen LogP contribution is 2.30. The molecule has 4 N–H and O–H groups in total. The first kappa shape index (κ1) is 30.4. The lowest BCUT2D eigenvalue weighted by Crippen LogP contribution is -2.56. The zero-order valence-electron chi connectivity index (χ0n) is 23.1. The third-order valence-electron chi connectivity index (χ3n) is 4.71. The number of hydrogen-bond acceptors (Lipinski definition) is 4. The van der Waals surface area contributed by atoms with Crippen molar-refractivity contribution in [1.82, 2.24) is 10.6 Å². The summed E-state index contributed by atoms with van der Waals surface area (Å²) in [7, 11) is -6.15. The fraction of sp³-hybridized carbons (Fsp3) is 0.652. The van der Waals surface area contributed by atoms with Gasteiger partial charge in [-0.05, 0) is 91.2 Å². The van der Waals surface area contributed by atoms with E-state index in [-0.39, 0.29) is 23.1 Å².